The van der Waals surface area contributed by atoms with Gasteiger partial charge in [-0.25, -0.2) is 22.8 Å². The smallest absolute Gasteiger partial charge is 0.316 e. The number of rotatable bonds is 5. The van der Waals surface area contributed by atoms with Gasteiger partial charge in [0.1, 0.15) is 6.10 Å². The van der Waals surface area contributed by atoms with E-state index >= 15 is 0 Å². The second-order valence-electron chi connectivity index (χ2n) is 6.01. The van der Waals surface area contributed by atoms with Gasteiger partial charge in [0.05, 0.1) is 23.8 Å². The molecule has 1 aromatic heterocycles. The highest BCUT2D eigenvalue weighted by atomic mass is 32.2. The third kappa shape index (κ3) is 4.05. The van der Waals surface area contributed by atoms with Crippen molar-refractivity contribution in [2.24, 2.45) is 0 Å². The number of sulfonamides is 1. The Hall–Kier alpha value is -2.39. The van der Waals surface area contributed by atoms with Crippen molar-refractivity contribution in [3.05, 3.63) is 48.0 Å². The maximum Gasteiger partial charge on any atom is 0.316 e. The maximum absolute atomic E-state index is 12.9. The molecule has 1 fully saturated rings. The Morgan fingerprint density at radius 2 is 2.04 bits per heavy atom. The predicted molar refractivity (Wildman–Crippen MR) is 90.8 cm³/mol. The molecule has 9 heteroatoms. The second-order valence-corrected chi connectivity index (χ2v) is 7.95. The van der Waals surface area contributed by atoms with Gasteiger partial charge in [-0.2, -0.15) is 4.31 Å². The Kier molecular flexibility index (Phi) is 5.28. The predicted octanol–water partition coefficient (Wildman–Crippen LogP) is 2.05. The Morgan fingerprint density at radius 3 is 2.73 bits per heavy atom. The number of hydrogen-bond donors (Lipinski definition) is 0. The lowest BCUT2D eigenvalue weighted by atomic mass is 10.1. The highest BCUT2D eigenvalue weighted by Crippen LogP contribution is 2.23. The summed E-state index contributed by atoms with van der Waals surface area (Å²) in [5.74, 6) is -0.772. The number of halogens is 1. The third-order valence-corrected chi connectivity index (χ3v) is 5.95. The summed E-state index contributed by atoms with van der Waals surface area (Å²) in [7, 11) is -3.75. The summed E-state index contributed by atoms with van der Waals surface area (Å²) < 4.78 is 45.5. The third-order valence-electron chi connectivity index (χ3n) is 4.09. The first-order valence-corrected chi connectivity index (χ1v) is 9.55. The van der Waals surface area contributed by atoms with Crippen LogP contribution in [0.25, 0.3) is 0 Å². The van der Waals surface area contributed by atoms with Gasteiger partial charge < -0.3 is 4.74 Å². The van der Waals surface area contributed by atoms with E-state index in [1.807, 2.05) is 0 Å². The summed E-state index contributed by atoms with van der Waals surface area (Å²) in [6, 6.07) is 5.98. The van der Waals surface area contributed by atoms with Crippen LogP contribution in [0.5, 0.6) is 6.01 Å². The quantitative estimate of drug-likeness (QED) is 0.739. The van der Waals surface area contributed by atoms with Crippen molar-refractivity contribution < 1.29 is 22.3 Å². The molecule has 2 heterocycles. The zero-order valence-corrected chi connectivity index (χ0v) is 14.9. The Morgan fingerprint density at radius 1 is 1.31 bits per heavy atom. The van der Waals surface area contributed by atoms with Crippen molar-refractivity contribution in [3.63, 3.8) is 0 Å². The molecule has 138 valence electrons. The monoisotopic (exact) mass is 379 g/mol. The number of carbonyl (C=O) groups excluding carboxylic acids is 1. The summed E-state index contributed by atoms with van der Waals surface area (Å²) in [6.45, 7) is 1.88. The van der Waals surface area contributed by atoms with Gasteiger partial charge in [-0.15, -0.1) is 0 Å². The minimum Gasteiger partial charge on any atom is -0.459 e. The molecule has 7 nitrogen and oxygen atoms in total. The van der Waals surface area contributed by atoms with Crippen molar-refractivity contribution >= 4 is 15.8 Å². The number of ketones is 1. The second kappa shape index (κ2) is 7.46. The van der Waals surface area contributed by atoms with E-state index in [9.17, 15) is 17.6 Å². The van der Waals surface area contributed by atoms with Crippen molar-refractivity contribution in [1.29, 1.82) is 0 Å². The lowest BCUT2D eigenvalue weighted by Crippen LogP contribution is -2.44. The SMILES string of the molecule is CC(=O)c1cccc(S(=O)(=O)N2CCCC(Oc3ncc(F)cn3)C2)c1. The molecule has 26 heavy (non-hydrogen) atoms. The minimum atomic E-state index is -3.75. The standard InChI is InChI=1S/C17H18FN3O4S/c1-12(22)13-4-2-6-16(8-13)26(23,24)21-7-3-5-15(11-21)25-17-19-9-14(18)10-20-17/h2,4,6,8-10,15H,3,5,7,11H2,1H3. The largest absolute Gasteiger partial charge is 0.459 e. The van der Waals surface area contributed by atoms with Gasteiger partial charge in [0.15, 0.2) is 11.6 Å². The molecule has 2 aromatic rings. The molecule has 0 bridgehead atoms. The molecular formula is C17H18FN3O4S. The number of Topliss-reactive ketones (excluding diaryl/α,β-unsaturated/α-hetero) is 1. The van der Waals surface area contributed by atoms with E-state index in [2.05, 4.69) is 9.97 Å². The van der Waals surface area contributed by atoms with Crippen molar-refractivity contribution in [1.82, 2.24) is 14.3 Å². The van der Waals surface area contributed by atoms with Gasteiger partial charge in [0, 0.05) is 12.1 Å². The first-order chi connectivity index (χ1) is 12.4. The topological polar surface area (TPSA) is 89.5 Å². The number of aromatic nitrogens is 2. The van der Waals surface area contributed by atoms with E-state index < -0.39 is 21.9 Å². The number of ether oxygens (including phenoxy) is 1. The Labute approximate surface area is 150 Å². The van der Waals surface area contributed by atoms with Gasteiger partial charge in [-0.3, -0.25) is 4.79 Å². The average molecular weight is 379 g/mol. The van der Waals surface area contributed by atoms with Gasteiger partial charge >= 0.3 is 6.01 Å². The van der Waals surface area contributed by atoms with Crippen LogP contribution in [0, 0.1) is 5.82 Å². The van der Waals surface area contributed by atoms with E-state index in [1.54, 1.807) is 12.1 Å². The average Bonchev–Trinajstić information content (AvgIpc) is 2.64. The van der Waals surface area contributed by atoms with E-state index in [-0.39, 0.29) is 23.2 Å². The van der Waals surface area contributed by atoms with Gasteiger partial charge in [0.2, 0.25) is 10.0 Å². The van der Waals surface area contributed by atoms with Crippen LogP contribution < -0.4 is 4.74 Å². The lowest BCUT2D eigenvalue weighted by molar-refractivity contribution is 0.101. The van der Waals surface area contributed by atoms with Crippen molar-refractivity contribution in [2.75, 3.05) is 13.1 Å². The van der Waals surface area contributed by atoms with Crippen LogP contribution in [0.1, 0.15) is 30.1 Å². The summed E-state index contributed by atoms with van der Waals surface area (Å²) in [6.07, 6.45) is 2.80. The molecule has 1 unspecified atom stereocenters. The molecule has 1 aromatic carbocycles. The summed E-state index contributed by atoms with van der Waals surface area (Å²) in [5, 5.41) is 0. The molecule has 0 amide bonds. The van der Waals surface area contributed by atoms with E-state index in [0.717, 1.165) is 12.4 Å². The van der Waals surface area contributed by atoms with Gasteiger partial charge in [-0.1, -0.05) is 12.1 Å². The number of nitrogens with zero attached hydrogens (tertiary/aromatic N) is 3. The van der Waals surface area contributed by atoms with Crippen LogP contribution >= 0.6 is 0 Å². The molecule has 0 aliphatic carbocycles. The highest BCUT2D eigenvalue weighted by molar-refractivity contribution is 7.89. The first-order valence-electron chi connectivity index (χ1n) is 8.11. The molecule has 1 atom stereocenters. The fraction of sp³-hybridized carbons (Fsp3) is 0.353. The van der Waals surface area contributed by atoms with Crippen LogP contribution in [-0.2, 0) is 10.0 Å². The van der Waals surface area contributed by atoms with E-state index in [4.69, 9.17) is 4.74 Å². The molecule has 0 radical (unpaired) electrons. The summed E-state index contributed by atoms with van der Waals surface area (Å²) in [5.41, 5.74) is 0.343. The fourth-order valence-corrected chi connectivity index (χ4v) is 4.31. The Balaban J connectivity index is 1.76. The molecule has 0 N–H and O–H groups in total. The number of benzene rings is 1. The Bertz CT molecular complexity index is 902. The van der Waals surface area contributed by atoms with Crippen LogP contribution in [-0.4, -0.2) is 47.7 Å². The molecule has 0 saturated carbocycles. The van der Waals surface area contributed by atoms with Gasteiger partial charge in [0.25, 0.3) is 0 Å². The highest BCUT2D eigenvalue weighted by Gasteiger charge is 2.31. The zero-order chi connectivity index (χ0) is 18.7. The minimum absolute atomic E-state index is 0.00854. The summed E-state index contributed by atoms with van der Waals surface area (Å²) >= 11 is 0. The molecular weight excluding hydrogens is 361 g/mol. The molecule has 1 saturated heterocycles. The summed E-state index contributed by atoms with van der Waals surface area (Å²) in [4.78, 5) is 19.1. The van der Waals surface area contributed by atoms with Crippen LogP contribution in [0.3, 0.4) is 0 Å². The van der Waals surface area contributed by atoms with E-state index in [0.29, 0.717) is 24.9 Å². The zero-order valence-electron chi connectivity index (χ0n) is 14.1. The molecule has 1 aliphatic rings. The maximum atomic E-state index is 12.9. The lowest BCUT2D eigenvalue weighted by Gasteiger charge is -2.31. The van der Waals surface area contributed by atoms with Gasteiger partial charge in [-0.05, 0) is 31.9 Å². The van der Waals surface area contributed by atoms with Crippen molar-refractivity contribution in [2.45, 2.75) is 30.8 Å². The van der Waals surface area contributed by atoms with Crippen LogP contribution in [0.2, 0.25) is 0 Å². The number of carbonyl (C=O) groups is 1. The fourth-order valence-electron chi connectivity index (χ4n) is 2.75. The number of hydrogen-bond acceptors (Lipinski definition) is 6. The first kappa shape index (κ1) is 18.4. The van der Waals surface area contributed by atoms with Crippen LogP contribution in [0.4, 0.5) is 4.39 Å². The van der Waals surface area contributed by atoms with E-state index in [1.165, 1.54) is 23.4 Å². The van der Waals surface area contributed by atoms with Crippen molar-refractivity contribution in [3.8, 4) is 6.01 Å². The number of piperidine rings is 1. The van der Waals surface area contributed by atoms with Crippen LogP contribution in [0.15, 0.2) is 41.6 Å². The normalized spacial score (nSPS) is 18.5. The molecule has 0 spiro atoms. The molecule has 3 rings (SSSR count). The molecule has 1 aliphatic heterocycles.